The van der Waals surface area contributed by atoms with Gasteiger partial charge in [-0.25, -0.2) is 15.3 Å². The van der Waals surface area contributed by atoms with E-state index in [4.69, 9.17) is 4.84 Å². The third-order valence-electron chi connectivity index (χ3n) is 3.30. The molecular weight excluding hydrogens is 262 g/mol. The molecule has 0 saturated carbocycles. The van der Waals surface area contributed by atoms with Gasteiger partial charge in [-0.05, 0) is 19.1 Å². The summed E-state index contributed by atoms with van der Waals surface area (Å²) in [6.45, 7) is 1.66. The van der Waals surface area contributed by atoms with E-state index in [9.17, 15) is 14.7 Å². The van der Waals surface area contributed by atoms with Gasteiger partial charge in [-0.15, -0.1) is 0 Å². The van der Waals surface area contributed by atoms with Gasteiger partial charge in [0.2, 0.25) is 5.91 Å². The van der Waals surface area contributed by atoms with E-state index in [1.165, 1.54) is 10.6 Å². The quantitative estimate of drug-likeness (QED) is 0.801. The van der Waals surface area contributed by atoms with Crippen LogP contribution in [-0.2, 0) is 9.63 Å². The van der Waals surface area contributed by atoms with Crippen molar-refractivity contribution in [3.63, 3.8) is 0 Å². The van der Waals surface area contributed by atoms with Gasteiger partial charge in [0, 0.05) is 12.8 Å². The van der Waals surface area contributed by atoms with Crippen LogP contribution < -0.4 is 11.0 Å². The number of phenols is 1. The molecule has 1 unspecified atom stereocenters. The van der Waals surface area contributed by atoms with Crippen molar-refractivity contribution in [2.75, 3.05) is 0 Å². The van der Waals surface area contributed by atoms with Crippen molar-refractivity contribution in [2.24, 2.45) is 0 Å². The van der Waals surface area contributed by atoms with Gasteiger partial charge in [-0.1, -0.05) is 6.07 Å². The molecule has 1 amide bonds. The molecular formula is C13H13N3O4. The highest BCUT2D eigenvalue weighted by Gasteiger charge is 2.24. The number of rotatable bonds is 1. The van der Waals surface area contributed by atoms with Crippen molar-refractivity contribution < 1.29 is 14.7 Å². The zero-order chi connectivity index (χ0) is 14.3. The first kappa shape index (κ1) is 12.6. The summed E-state index contributed by atoms with van der Waals surface area (Å²) in [5.74, 6) is 0.177. The first-order valence-electron chi connectivity index (χ1n) is 6.23. The van der Waals surface area contributed by atoms with Crippen LogP contribution in [0.15, 0.2) is 23.0 Å². The average Bonchev–Trinajstić information content (AvgIpc) is 2.42. The van der Waals surface area contributed by atoms with Crippen LogP contribution in [-0.4, -0.2) is 20.6 Å². The van der Waals surface area contributed by atoms with Crippen molar-refractivity contribution in [1.82, 2.24) is 15.0 Å². The molecule has 2 N–H and O–H groups in total. The number of para-hydroxylation sites is 1. The van der Waals surface area contributed by atoms with Gasteiger partial charge in [-0.3, -0.25) is 14.2 Å². The normalized spacial score (nSPS) is 19.1. The van der Waals surface area contributed by atoms with Crippen molar-refractivity contribution in [3.05, 3.63) is 34.4 Å². The third kappa shape index (κ3) is 1.92. The number of aromatic hydroxyl groups is 1. The molecule has 0 bridgehead atoms. The Kier molecular flexibility index (Phi) is 2.90. The Balaban J connectivity index is 2.17. The summed E-state index contributed by atoms with van der Waals surface area (Å²) < 4.78 is 1.39. The number of aromatic nitrogens is 2. The molecule has 2 heterocycles. The second-order valence-corrected chi connectivity index (χ2v) is 4.64. The molecule has 7 heteroatoms. The number of carbonyl (C=O) groups is 1. The lowest BCUT2D eigenvalue weighted by atomic mass is 10.2. The second kappa shape index (κ2) is 4.61. The van der Waals surface area contributed by atoms with Crippen molar-refractivity contribution >= 4 is 16.8 Å². The number of carbonyl (C=O) groups excluding carboxylic acids is 1. The monoisotopic (exact) mass is 275 g/mol. The minimum Gasteiger partial charge on any atom is -0.506 e. The lowest BCUT2D eigenvalue weighted by Crippen LogP contribution is -2.39. The lowest BCUT2D eigenvalue weighted by Gasteiger charge is -2.25. The van der Waals surface area contributed by atoms with Crippen LogP contribution in [0.25, 0.3) is 10.9 Å². The Labute approximate surface area is 113 Å². The second-order valence-electron chi connectivity index (χ2n) is 4.64. The molecule has 0 radical (unpaired) electrons. The van der Waals surface area contributed by atoms with E-state index < -0.39 is 6.23 Å². The fraction of sp³-hybridized carbons (Fsp3) is 0.308. The number of amides is 1. The maximum atomic E-state index is 12.5. The molecule has 1 aromatic carbocycles. The summed E-state index contributed by atoms with van der Waals surface area (Å²) in [7, 11) is 0. The molecule has 104 valence electrons. The largest absolute Gasteiger partial charge is 0.506 e. The van der Waals surface area contributed by atoms with Gasteiger partial charge < -0.3 is 5.11 Å². The van der Waals surface area contributed by atoms with Gasteiger partial charge in [0.25, 0.3) is 5.56 Å². The lowest BCUT2D eigenvalue weighted by molar-refractivity contribution is -0.156. The molecule has 2 aromatic rings. The number of benzene rings is 1. The van der Waals surface area contributed by atoms with Crippen LogP contribution >= 0.6 is 0 Å². The fourth-order valence-electron chi connectivity index (χ4n) is 2.33. The van der Waals surface area contributed by atoms with E-state index in [0.29, 0.717) is 17.6 Å². The van der Waals surface area contributed by atoms with Gasteiger partial charge in [0.15, 0.2) is 6.23 Å². The number of fused-ring (bicyclic) bond motifs is 1. The predicted molar refractivity (Wildman–Crippen MR) is 69.9 cm³/mol. The third-order valence-corrected chi connectivity index (χ3v) is 3.30. The van der Waals surface area contributed by atoms with Crippen LogP contribution in [0.3, 0.4) is 0 Å². The maximum absolute atomic E-state index is 12.5. The van der Waals surface area contributed by atoms with E-state index in [2.05, 4.69) is 10.5 Å². The average molecular weight is 275 g/mol. The Morgan fingerprint density at radius 1 is 1.45 bits per heavy atom. The SMILES string of the molecule is Cc1nc2c(O)cccc2c(=O)n1C1CCC(=O)NO1. The topological polar surface area (TPSA) is 93.5 Å². The van der Waals surface area contributed by atoms with Crippen LogP contribution in [0.2, 0.25) is 0 Å². The first-order valence-corrected chi connectivity index (χ1v) is 6.23. The molecule has 0 aliphatic carbocycles. The zero-order valence-electron chi connectivity index (χ0n) is 10.8. The molecule has 1 aliphatic rings. The highest BCUT2D eigenvalue weighted by atomic mass is 16.7. The summed E-state index contributed by atoms with van der Waals surface area (Å²) in [6.07, 6.45) is 0.104. The van der Waals surface area contributed by atoms with Crippen LogP contribution in [0.4, 0.5) is 0 Å². The van der Waals surface area contributed by atoms with Crippen LogP contribution in [0.5, 0.6) is 5.75 Å². The number of hydroxylamine groups is 1. The fourth-order valence-corrected chi connectivity index (χ4v) is 2.33. The molecule has 1 aliphatic heterocycles. The van der Waals surface area contributed by atoms with Crippen LogP contribution in [0.1, 0.15) is 24.9 Å². The number of nitrogens with one attached hydrogen (secondary N) is 1. The molecule has 1 atom stereocenters. The minimum absolute atomic E-state index is 0.0345. The Hall–Kier alpha value is -2.41. The molecule has 0 spiro atoms. The molecule has 7 nitrogen and oxygen atoms in total. The summed E-state index contributed by atoms with van der Waals surface area (Å²) in [5.41, 5.74) is 2.24. The zero-order valence-corrected chi connectivity index (χ0v) is 10.8. The highest BCUT2D eigenvalue weighted by Crippen LogP contribution is 2.23. The predicted octanol–water partition coefficient (Wildman–Crippen LogP) is 0.751. The van der Waals surface area contributed by atoms with Crippen molar-refractivity contribution in [3.8, 4) is 5.75 Å². The standard InChI is InChI=1S/C13H13N3O4/c1-7-14-12-8(3-2-4-9(12)17)13(19)16(7)11-6-5-10(18)15-20-11/h2-4,11,17H,5-6H2,1H3,(H,15,18). The number of nitrogens with zero attached hydrogens (tertiary/aromatic N) is 2. The molecule has 1 saturated heterocycles. The van der Waals surface area contributed by atoms with Gasteiger partial charge in [-0.2, -0.15) is 0 Å². The van der Waals surface area contributed by atoms with Gasteiger partial charge >= 0.3 is 0 Å². The van der Waals surface area contributed by atoms with Crippen molar-refractivity contribution in [2.45, 2.75) is 26.0 Å². The number of aryl methyl sites for hydroxylation is 1. The van der Waals surface area contributed by atoms with E-state index in [0.717, 1.165) is 0 Å². The maximum Gasteiger partial charge on any atom is 0.263 e. The van der Waals surface area contributed by atoms with E-state index in [1.54, 1.807) is 19.1 Å². The Morgan fingerprint density at radius 3 is 2.95 bits per heavy atom. The van der Waals surface area contributed by atoms with Crippen molar-refractivity contribution in [1.29, 1.82) is 0 Å². The summed E-state index contributed by atoms with van der Waals surface area (Å²) >= 11 is 0. The molecule has 1 fully saturated rings. The molecule has 1 aromatic heterocycles. The minimum atomic E-state index is -0.584. The summed E-state index contributed by atoms with van der Waals surface area (Å²) in [5, 5.41) is 10.1. The first-order chi connectivity index (χ1) is 9.58. The molecule has 3 rings (SSSR count). The van der Waals surface area contributed by atoms with Gasteiger partial charge in [0.1, 0.15) is 17.1 Å². The van der Waals surface area contributed by atoms with E-state index in [1.807, 2.05) is 0 Å². The van der Waals surface area contributed by atoms with E-state index >= 15 is 0 Å². The summed E-state index contributed by atoms with van der Waals surface area (Å²) in [4.78, 5) is 33.0. The number of hydrogen-bond acceptors (Lipinski definition) is 5. The number of hydrogen-bond donors (Lipinski definition) is 2. The van der Waals surface area contributed by atoms with E-state index in [-0.39, 0.29) is 29.2 Å². The smallest absolute Gasteiger partial charge is 0.263 e. The molecule has 20 heavy (non-hydrogen) atoms. The Morgan fingerprint density at radius 2 is 2.25 bits per heavy atom. The number of phenolic OH excluding ortho intramolecular Hbond substituents is 1. The Bertz CT molecular complexity index is 743. The van der Waals surface area contributed by atoms with Crippen LogP contribution in [0, 0.1) is 6.92 Å². The highest BCUT2D eigenvalue weighted by molar-refractivity contribution is 5.83. The van der Waals surface area contributed by atoms with Gasteiger partial charge in [0.05, 0.1) is 5.39 Å². The summed E-state index contributed by atoms with van der Waals surface area (Å²) in [6, 6.07) is 4.67.